The van der Waals surface area contributed by atoms with Gasteiger partial charge >= 0.3 is 6.18 Å². The molecule has 2 N–H and O–H groups in total. The standard InChI is InChI=1S/C17H15ClF3N3O/c18-14-6-4-11(8-13(14)17(19,20)21)23-12-5-7-15(22-9-12)24-16(25)10-2-1-3-10/h4-10,23H,1-3H2,(H,22,24,25). The highest BCUT2D eigenvalue weighted by molar-refractivity contribution is 6.31. The number of carbonyl (C=O) groups excluding carboxylic acids is 1. The van der Waals surface area contributed by atoms with Gasteiger partial charge in [0.05, 0.1) is 22.5 Å². The largest absolute Gasteiger partial charge is 0.417 e. The second kappa shape index (κ2) is 6.92. The van der Waals surface area contributed by atoms with Gasteiger partial charge in [0.25, 0.3) is 0 Å². The van der Waals surface area contributed by atoms with Gasteiger partial charge in [-0.15, -0.1) is 0 Å². The zero-order valence-corrected chi connectivity index (χ0v) is 13.8. The smallest absolute Gasteiger partial charge is 0.354 e. The Balaban J connectivity index is 1.68. The van der Waals surface area contributed by atoms with Gasteiger partial charge in [0.2, 0.25) is 5.91 Å². The number of carbonyl (C=O) groups is 1. The molecule has 1 aliphatic rings. The predicted octanol–water partition coefficient (Wildman–Crippen LogP) is 5.24. The van der Waals surface area contributed by atoms with Crippen LogP contribution < -0.4 is 10.6 Å². The third-order valence-corrected chi connectivity index (χ3v) is 4.38. The molecule has 0 saturated heterocycles. The lowest BCUT2D eigenvalue weighted by molar-refractivity contribution is -0.137. The molecule has 2 aromatic rings. The molecule has 1 aromatic heterocycles. The predicted molar refractivity (Wildman–Crippen MR) is 89.9 cm³/mol. The molecule has 4 nitrogen and oxygen atoms in total. The van der Waals surface area contributed by atoms with E-state index in [0.717, 1.165) is 25.3 Å². The monoisotopic (exact) mass is 369 g/mol. The van der Waals surface area contributed by atoms with Gasteiger partial charge in [-0.1, -0.05) is 18.0 Å². The summed E-state index contributed by atoms with van der Waals surface area (Å²) >= 11 is 5.59. The van der Waals surface area contributed by atoms with E-state index < -0.39 is 11.7 Å². The number of nitrogens with one attached hydrogen (secondary N) is 2. The van der Waals surface area contributed by atoms with Crippen LogP contribution in [-0.4, -0.2) is 10.9 Å². The summed E-state index contributed by atoms with van der Waals surface area (Å²) in [6.07, 6.45) is -0.233. The highest BCUT2D eigenvalue weighted by atomic mass is 35.5. The van der Waals surface area contributed by atoms with Crippen LogP contribution in [0.3, 0.4) is 0 Å². The summed E-state index contributed by atoms with van der Waals surface area (Å²) in [5.41, 5.74) is -0.168. The van der Waals surface area contributed by atoms with Crippen molar-refractivity contribution in [3.63, 3.8) is 0 Å². The van der Waals surface area contributed by atoms with Crippen LogP contribution in [-0.2, 0) is 11.0 Å². The van der Waals surface area contributed by atoms with Crippen molar-refractivity contribution in [3.05, 3.63) is 47.1 Å². The number of aromatic nitrogens is 1. The summed E-state index contributed by atoms with van der Waals surface area (Å²) in [5, 5.41) is 5.21. The molecule has 0 spiro atoms. The number of hydrogen-bond acceptors (Lipinski definition) is 3. The molecular weight excluding hydrogens is 355 g/mol. The third kappa shape index (κ3) is 4.22. The Morgan fingerprint density at radius 3 is 2.44 bits per heavy atom. The van der Waals surface area contributed by atoms with Gasteiger partial charge in [-0.25, -0.2) is 4.98 Å². The van der Waals surface area contributed by atoms with E-state index in [2.05, 4.69) is 15.6 Å². The van der Waals surface area contributed by atoms with E-state index in [9.17, 15) is 18.0 Å². The topological polar surface area (TPSA) is 54.0 Å². The van der Waals surface area contributed by atoms with E-state index in [1.165, 1.54) is 18.3 Å². The summed E-state index contributed by atoms with van der Waals surface area (Å²) in [5.74, 6) is 0.413. The maximum absolute atomic E-state index is 12.9. The van der Waals surface area contributed by atoms with Crippen LogP contribution in [0.15, 0.2) is 36.5 Å². The lowest BCUT2D eigenvalue weighted by Crippen LogP contribution is -2.28. The van der Waals surface area contributed by atoms with Crippen LogP contribution in [0.2, 0.25) is 5.02 Å². The fourth-order valence-corrected chi connectivity index (χ4v) is 2.65. The molecule has 3 rings (SSSR count). The van der Waals surface area contributed by atoms with Crippen molar-refractivity contribution in [2.24, 2.45) is 5.92 Å². The third-order valence-electron chi connectivity index (χ3n) is 4.05. The summed E-state index contributed by atoms with van der Waals surface area (Å²) < 4.78 is 38.6. The number of anilines is 3. The first kappa shape index (κ1) is 17.5. The molecule has 1 aliphatic carbocycles. The van der Waals surface area contributed by atoms with Crippen LogP contribution in [0.25, 0.3) is 0 Å². The van der Waals surface area contributed by atoms with E-state index in [4.69, 9.17) is 11.6 Å². The van der Waals surface area contributed by atoms with Crippen molar-refractivity contribution in [2.45, 2.75) is 25.4 Å². The molecule has 132 valence electrons. The number of hydrogen-bond donors (Lipinski definition) is 2. The lowest BCUT2D eigenvalue weighted by atomic mass is 9.85. The average molecular weight is 370 g/mol. The molecule has 1 saturated carbocycles. The SMILES string of the molecule is O=C(Nc1ccc(Nc2ccc(Cl)c(C(F)(F)F)c2)cn1)C1CCC1. The molecule has 1 fully saturated rings. The number of benzene rings is 1. The summed E-state index contributed by atoms with van der Waals surface area (Å²) in [6.45, 7) is 0. The number of amides is 1. The molecule has 25 heavy (non-hydrogen) atoms. The van der Waals surface area contributed by atoms with Crippen LogP contribution in [0.1, 0.15) is 24.8 Å². The Morgan fingerprint density at radius 2 is 1.88 bits per heavy atom. The molecule has 1 heterocycles. The van der Waals surface area contributed by atoms with Crippen molar-refractivity contribution in [3.8, 4) is 0 Å². The quantitative estimate of drug-likeness (QED) is 0.775. The van der Waals surface area contributed by atoms with E-state index in [1.807, 2.05) is 0 Å². The van der Waals surface area contributed by atoms with E-state index in [0.29, 0.717) is 11.5 Å². The minimum absolute atomic E-state index is 0.0491. The van der Waals surface area contributed by atoms with Crippen molar-refractivity contribution < 1.29 is 18.0 Å². The molecule has 1 amide bonds. The summed E-state index contributed by atoms with van der Waals surface area (Å²) in [6, 6.07) is 6.80. The van der Waals surface area contributed by atoms with Gasteiger partial charge in [-0.3, -0.25) is 4.79 Å². The first-order valence-electron chi connectivity index (χ1n) is 7.73. The van der Waals surface area contributed by atoms with Gasteiger partial charge in [-0.05, 0) is 43.2 Å². The van der Waals surface area contributed by atoms with Crippen LogP contribution in [0.5, 0.6) is 0 Å². The highest BCUT2D eigenvalue weighted by Crippen LogP contribution is 2.36. The second-order valence-electron chi connectivity index (χ2n) is 5.87. The summed E-state index contributed by atoms with van der Waals surface area (Å²) in [7, 11) is 0. The highest BCUT2D eigenvalue weighted by Gasteiger charge is 2.33. The van der Waals surface area contributed by atoms with Crippen LogP contribution >= 0.6 is 11.6 Å². The van der Waals surface area contributed by atoms with E-state index >= 15 is 0 Å². The van der Waals surface area contributed by atoms with Crippen LogP contribution in [0.4, 0.5) is 30.4 Å². The number of halogens is 4. The lowest BCUT2D eigenvalue weighted by Gasteiger charge is -2.23. The van der Waals surface area contributed by atoms with Gasteiger partial charge in [0.1, 0.15) is 5.82 Å². The fourth-order valence-electron chi connectivity index (χ4n) is 2.43. The first-order valence-corrected chi connectivity index (χ1v) is 8.11. The normalized spacial score (nSPS) is 14.7. The molecule has 0 atom stereocenters. The maximum atomic E-state index is 12.9. The van der Waals surface area contributed by atoms with Gasteiger partial charge < -0.3 is 10.6 Å². The van der Waals surface area contributed by atoms with E-state index in [1.54, 1.807) is 12.1 Å². The Bertz CT molecular complexity index is 774. The van der Waals surface area contributed by atoms with Gasteiger partial charge in [-0.2, -0.15) is 13.2 Å². The Kier molecular flexibility index (Phi) is 4.85. The minimum Gasteiger partial charge on any atom is -0.354 e. The van der Waals surface area contributed by atoms with Gasteiger partial charge in [0.15, 0.2) is 0 Å². The zero-order chi connectivity index (χ0) is 18.0. The van der Waals surface area contributed by atoms with Crippen LogP contribution in [0, 0.1) is 5.92 Å². The zero-order valence-electron chi connectivity index (χ0n) is 13.0. The molecule has 0 bridgehead atoms. The van der Waals surface area contributed by atoms with Crippen molar-refractivity contribution in [2.75, 3.05) is 10.6 Å². The Morgan fingerprint density at radius 1 is 1.16 bits per heavy atom. The number of pyridine rings is 1. The van der Waals surface area contributed by atoms with Crippen molar-refractivity contribution >= 4 is 34.7 Å². The van der Waals surface area contributed by atoms with Crippen molar-refractivity contribution in [1.29, 1.82) is 0 Å². The number of rotatable bonds is 4. The molecular formula is C17H15ClF3N3O. The molecule has 0 radical (unpaired) electrons. The Hall–Kier alpha value is -2.28. The second-order valence-corrected chi connectivity index (χ2v) is 6.27. The van der Waals surface area contributed by atoms with Crippen molar-refractivity contribution in [1.82, 2.24) is 4.98 Å². The van der Waals surface area contributed by atoms with Gasteiger partial charge in [0, 0.05) is 11.6 Å². The van der Waals surface area contributed by atoms with E-state index in [-0.39, 0.29) is 22.5 Å². The molecule has 0 unspecified atom stereocenters. The summed E-state index contributed by atoms with van der Waals surface area (Å²) in [4.78, 5) is 15.9. The molecule has 0 aliphatic heterocycles. The minimum atomic E-state index is -4.53. The first-order chi connectivity index (χ1) is 11.8. The molecule has 8 heteroatoms. The molecule has 1 aromatic carbocycles. The maximum Gasteiger partial charge on any atom is 0.417 e. The number of nitrogens with zero attached hydrogens (tertiary/aromatic N) is 1. The Labute approximate surface area is 147 Å². The average Bonchev–Trinajstić information content (AvgIpc) is 2.48. The number of alkyl halides is 3. The fraction of sp³-hybridized carbons (Fsp3) is 0.294.